The number of nitrogens with one attached hydrogen (secondary N) is 3. The minimum Gasteiger partial charge on any atom is -0.350 e. The molecule has 0 amide bonds. The molecule has 23 heavy (non-hydrogen) atoms. The molecule has 0 atom stereocenters. The van der Waals surface area contributed by atoms with Gasteiger partial charge in [0.05, 0.1) is 17.3 Å². The maximum atomic E-state index is 12.7. The summed E-state index contributed by atoms with van der Waals surface area (Å²) < 4.78 is 76.3. The predicted molar refractivity (Wildman–Crippen MR) is 70.7 cm³/mol. The minimum atomic E-state index is -5.59. The fourth-order valence-corrected chi connectivity index (χ4v) is 1.45. The molecule has 0 saturated heterocycles. The Balaban J connectivity index is 2.80. The van der Waals surface area contributed by atoms with Gasteiger partial charge in [-0.05, 0) is 25.1 Å². The molecular formula is C13H12F6N4. The fraction of sp³-hybridized carbons (Fsp3) is 0.308. The molecule has 10 heteroatoms. The van der Waals surface area contributed by atoms with E-state index in [1.807, 2.05) is 6.07 Å². The zero-order chi connectivity index (χ0) is 17.9. The molecule has 0 saturated carbocycles. The first-order valence-electron chi connectivity index (χ1n) is 6.03. The molecule has 0 aromatic heterocycles. The standard InChI is InChI=1S/C13H12F6N4/c1-8(21-11(2,12(14,15)16)13(17,18)19)22-23-10-5-3-4-9(6-10)7-20/h3-6,21-23H,1H2,2H3. The van der Waals surface area contributed by atoms with Gasteiger partial charge in [0.1, 0.15) is 5.82 Å². The molecule has 0 heterocycles. The van der Waals surface area contributed by atoms with Gasteiger partial charge in [0.25, 0.3) is 0 Å². The van der Waals surface area contributed by atoms with Gasteiger partial charge < -0.3 is 5.32 Å². The highest BCUT2D eigenvalue weighted by atomic mass is 19.4. The Kier molecular flexibility index (Phi) is 5.04. The van der Waals surface area contributed by atoms with Crippen LogP contribution in [0.3, 0.4) is 0 Å². The average molecular weight is 338 g/mol. The van der Waals surface area contributed by atoms with Crippen molar-refractivity contribution in [2.45, 2.75) is 24.8 Å². The molecule has 4 nitrogen and oxygen atoms in total. The fourth-order valence-electron chi connectivity index (χ4n) is 1.45. The number of alkyl halides is 6. The third-order valence-electron chi connectivity index (χ3n) is 2.88. The van der Waals surface area contributed by atoms with Crippen LogP contribution in [0.5, 0.6) is 0 Å². The zero-order valence-corrected chi connectivity index (χ0v) is 11.7. The molecule has 1 aromatic carbocycles. The summed E-state index contributed by atoms with van der Waals surface area (Å²) in [6.07, 6.45) is -11.2. The highest BCUT2D eigenvalue weighted by molar-refractivity contribution is 5.48. The van der Waals surface area contributed by atoms with E-state index in [-0.39, 0.29) is 18.2 Å². The molecule has 0 aliphatic carbocycles. The number of nitrogens with zero attached hydrogens (tertiary/aromatic N) is 1. The summed E-state index contributed by atoms with van der Waals surface area (Å²) in [4.78, 5) is 0. The quantitative estimate of drug-likeness (QED) is 0.569. The molecular weight excluding hydrogens is 326 g/mol. The number of benzene rings is 1. The van der Waals surface area contributed by atoms with Crippen LogP contribution in [-0.4, -0.2) is 17.9 Å². The van der Waals surface area contributed by atoms with Crippen molar-refractivity contribution >= 4 is 5.69 Å². The van der Waals surface area contributed by atoms with E-state index in [1.54, 1.807) is 0 Å². The maximum Gasteiger partial charge on any atom is 0.420 e. The first-order valence-corrected chi connectivity index (χ1v) is 6.03. The second-order valence-corrected chi connectivity index (χ2v) is 4.67. The van der Waals surface area contributed by atoms with Crippen molar-refractivity contribution in [3.63, 3.8) is 0 Å². The number of nitriles is 1. The van der Waals surface area contributed by atoms with Crippen molar-refractivity contribution < 1.29 is 26.3 Å². The average Bonchev–Trinajstić information content (AvgIpc) is 2.43. The van der Waals surface area contributed by atoms with E-state index >= 15 is 0 Å². The Labute approximate surface area is 127 Å². The summed E-state index contributed by atoms with van der Waals surface area (Å²) >= 11 is 0. The van der Waals surface area contributed by atoms with Crippen LogP contribution < -0.4 is 16.2 Å². The topological polar surface area (TPSA) is 59.9 Å². The van der Waals surface area contributed by atoms with Gasteiger partial charge in [-0.15, -0.1) is 0 Å². The third-order valence-corrected chi connectivity index (χ3v) is 2.88. The number of hydrogen-bond donors (Lipinski definition) is 3. The van der Waals surface area contributed by atoms with Gasteiger partial charge in [-0.1, -0.05) is 12.6 Å². The molecule has 0 radical (unpaired) electrons. The molecule has 1 aromatic rings. The molecule has 1 rings (SSSR count). The van der Waals surface area contributed by atoms with E-state index in [4.69, 9.17) is 5.26 Å². The van der Waals surface area contributed by atoms with Crippen molar-refractivity contribution in [1.82, 2.24) is 10.7 Å². The zero-order valence-electron chi connectivity index (χ0n) is 11.7. The van der Waals surface area contributed by atoms with Crippen LogP contribution in [-0.2, 0) is 0 Å². The highest BCUT2D eigenvalue weighted by Crippen LogP contribution is 2.42. The first kappa shape index (κ1) is 18.5. The molecule has 126 valence electrons. The Morgan fingerprint density at radius 3 is 2.17 bits per heavy atom. The monoisotopic (exact) mass is 338 g/mol. The largest absolute Gasteiger partial charge is 0.420 e. The number of hydrogen-bond acceptors (Lipinski definition) is 4. The van der Waals surface area contributed by atoms with Crippen molar-refractivity contribution in [2.24, 2.45) is 0 Å². The lowest BCUT2D eigenvalue weighted by Crippen LogP contribution is -2.64. The predicted octanol–water partition coefficient (Wildman–Crippen LogP) is 3.42. The third kappa shape index (κ3) is 4.21. The van der Waals surface area contributed by atoms with Crippen molar-refractivity contribution in [3.8, 4) is 6.07 Å². The Hall–Kier alpha value is -2.57. The molecule has 3 N–H and O–H groups in total. The Morgan fingerprint density at radius 1 is 1.13 bits per heavy atom. The van der Waals surface area contributed by atoms with Crippen LogP contribution >= 0.6 is 0 Å². The number of anilines is 1. The van der Waals surface area contributed by atoms with E-state index in [2.05, 4.69) is 17.4 Å². The highest BCUT2D eigenvalue weighted by Gasteiger charge is 2.68. The van der Waals surface area contributed by atoms with Gasteiger partial charge >= 0.3 is 12.4 Å². The molecule has 0 spiro atoms. The van der Waals surface area contributed by atoms with Crippen LogP contribution in [0.2, 0.25) is 0 Å². The van der Waals surface area contributed by atoms with Gasteiger partial charge in [-0.25, -0.2) is 0 Å². The molecule has 0 fully saturated rings. The van der Waals surface area contributed by atoms with Gasteiger partial charge in [-0.2, -0.15) is 31.6 Å². The normalized spacial score (nSPS) is 12.3. The van der Waals surface area contributed by atoms with Crippen molar-refractivity contribution in [2.75, 3.05) is 5.43 Å². The lowest BCUT2D eigenvalue weighted by molar-refractivity contribution is -0.299. The van der Waals surface area contributed by atoms with E-state index in [9.17, 15) is 26.3 Å². The van der Waals surface area contributed by atoms with Crippen LogP contribution in [0.25, 0.3) is 0 Å². The van der Waals surface area contributed by atoms with E-state index in [1.165, 1.54) is 29.6 Å². The summed E-state index contributed by atoms with van der Waals surface area (Å²) in [5, 5.41) is 9.98. The summed E-state index contributed by atoms with van der Waals surface area (Å²) in [5.74, 6) is -0.746. The Morgan fingerprint density at radius 2 is 1.70 bits per heavy atom. The van der Waals surface area contributed by atoms with Crippen LogP contribution in [0.1, 0.15) is 12.5 Å². The van der Waals surface area contributed by atoms with Crippen LogP contribution in [0.15, 0.2) is 36.7 Å². The molecule has 0 aliphatic rings. The van der Waals surface area contributed by atoms with Crippen LogP contribution in [0, 0.1) is 11.3 Å². The van der Waals surface area contributed by atoms with Gasteiger partial charge in [0.2, 0.25) is 5.54 Å². The molecule has 0 unspecified atom stereocenters. The lowest BCUT2D eigenvalue weighted by atomic mass is 10.0. The molecule has 0 bridgehead atoms. The second-order valence-electron chi connectivity index (χ2n) is 4.67. The Bertz CT molecular complexity index is 600. The summed E-state index contributed by atoms with van der Waals surface area (Å²) in [5.41, 5.74) is 0.778. The number of rotatable bonds is 5. The van der Waals surface area contributed by atoms with E-state index in [0.29, 0.717) is 0 Å². The summed E-state index contributed by atoms with van der Waals surface area (Å²) in [6.45, 7) is 3.04. The first-order chi connectivity index (χ1) is 10.4. The number of halogens is 6. The van der Waals surface area contributed by atoms with Crippen molar-refractivity contribution in [1.29, 1.82) is 5.26 Å². The SMILES string of the molecule is C=C(NNc1cccc(C#N)c1)NC(C)(C(F)(F)F)C(F)(F)F. The minimum absolute atomic E-state index is 0.0316. The maximum absolute atomic E-state index is 12.7. The van der Waals surface area contributed by atoms with E-state index in [0.717, 1.165) is 0 Å². The summed E-state index contributed by atoms with van der Waals surface area (Å²) in [7, 11) is 0. The second kappa shape index (κ2) is 6.28. The van der Waals surface area contributed by atoms with Crippen LogP contribution in [0.4, 0.5) is 32.0 Å². The van der Waals surface area contributed by atoms with Gasteiger partial charge in [-0.3, -0.25) is 10.9 Å². The smallest absolute Gasteiger partial charge is 0.350 e. The number of hydrazine groups is 1. The summed E-state index contributed by atoms with van der Waals surface area (Å²) in [6, 6.07) is 7.58. The molecule has 0 aliphatic heterocycles. The van der Waals surface area contributed by atoms with Gasteiger partial charge in [0, 0.05) is 0 Å². The lowest BCUT2D eigenvalue weighted by Gasteiger charge is -2.36. The van der Waals surface area contributed by atoms with Gasteiger partial charge in [0.15, 0.2) is 0 Å². The van der Waals surface area contributed by atoms with E-state index < -0.39 is 23.7 Å². The van der Waals surface area contributed by atoms with Crippen molar-refractivity contribution in [3.05, 3.63) is 42.2 Å².